The third-order valence-corrected chi connectivity index (χ3v) is 4.69. The van der Waals surface area contributed by atoms with E-state index in [4.69, 9.17) is 0 Å². The molecule has 0 spiro atoms. The average molecular weight is 322 g/mol. The van der Waals surface area contributed by atoms with E-state index in [-0.39, 0.29) is 5.91 Å². The second-order valence-electron chi connectivity index (χ2n) is 5.13. The van der Waals surface area contributed by atoms with Gasteiger partial charge in [0.25, 0.3) is 5.91 Å². The number of fused-ring (bicyclic) bond motifs is 1. The van der Waals surface area contributed by atoms with Crippen molar-refractivity contribution in [1.82, 2.24) is 9.97 Å². The van der Waals surface area contributed by atoms with Gasteiger partial charge < -0.3 is 9.88 Å². The number of H-pyrrole nitrogens is 1. The highest BCUT2D eigenvalue weighted by molar-refractivity contribution is 8.14. The lowest BCUT2D eigenvalue weighted by Gasteiger charge is -2.17. The highest BCUT2D eigenvalue weighted by Gasteiger charge is 2.22. The van der Waals surface area contributed by atoms with E-state index in [1.165, 1.54) is 0 Å². The number of hydrogen-bond donors (Lipinski definition) is 1. The number of amidine groups is 1. The van der Waals surface area contributed by atoms with Gasteiger partial charge >= 0.3 is 0 Å². The van der Waals surface area contributed by atoms with Crippen molar-refractivity contribution in [3.05, 3.63) is 60.4 Å². The van der Waals surface area contributed by atoms with Crippen molar-refractivity contribution in [3.63, 3.8) is 0 Å². The Morgan fingerprint density at radius 2 is 2.09 bits per heavy atom. The molecule has 0 saturated carbocycles. The monoisotopic (exact) mass is 322 g/mol. The van der Waals surface area contributed by atoms with Crippen LogP contribution in [0.25, 0.3) is 11.0 Å². The van der Waals surface area contributed by atoms with Crippen LogP contribution in [0.3, 0.4) is 0 Å². The number of aromatic nitrogens is 2. The number of benzene rings is 1. The molecule has 1 amide bonds. The van der Waals surface area contributed by atoms with Gasteiger partial charge in [-0.2, -0.15) is 4.99 Å². The average Bonchev–Trinajstić information content (AvgIpc) is 3.24. The molecule has 1 aliphatic rings. The minimum Gasteiger partial charge on any atom is -0.346 e. The number of aromatic amines is 1. The fourth-order valence-corrected chi connectivity index (χ4v) is 3.59. The van der Waals surface area contributed by atoms with Gasteiger partial charge in [0.2, 0.25) is 0 Å². The zero-order valence-electron chi connectivity index (χ0n) is 12.3. The van der Waals surface area contributed by atoms with E-state index in [9.17, 15) is 4.79 Å². The minimum atomic E-state index is -0.234. The maximum absolute atomic E-state index is 12.6. The number of thioether (sulfide) groups is 1. The van der Waals surface area contributed by atoms with E-state index >= 15 is 0 Å². The molecule has 0 unspecified atom stereocenters. The second-order valence-corrected chi connectivity index (χ2v) is 6.20. The van der Waals surface area contributed by atoms with Crippen molar-refractivity contribution in [2.75, 3.05) is 17.2 Å². The van der Waals surface area contributed by atoms with Gasteiger partial charge in [0, 0.05) is 35.8 Å². The first-order valence-corrected chi connectivity index (χ1v) is 8.32. The third kappa shape index (κ3) is 2.61. The summed E-state index contributed by atoms with van der Waals surface area (Å²) in [6, 6.07) is 13.6. The molecule has 23 heavy (non-hydrogen) atoms. The third-order valence-electron chi connectivity index (χ3n) is 3.73. The second kappa shape index (κ2) is 5.89. The van der Waals surface area contributed by atoms with E-state index in [2.05, 4.69) is 19.9 Å². The predicted octanol–water partition coefficient (Wildman–Crippen LogP) is 3.31. The summed E-state index contributed by atoms with van der Waals surface area (Å²) in [6.45, 7) is 0.858. The summed E-state index contributed by atoms with van der Waals surface area (Å²) < 4.78 is 0. The van der Waals surface area contributed by atoms with Crippen molar-refractivity contribution in [1.29, 1.82) is 0 Å². The molecular weight excluding hydrogens is 308 g/mol. The van der Waals surface area contributed by atoms with E-state index in [1.54, 1.807) is 30.2 Å². The van der Waals surface area contributed by atoms with Gasteiger partial charge in [0.05, 0.1) is 5.56 Å². The van der Waals surface area contributed by atoms with Crippen LogP contribution in [0.1, 0.15) is 10.4 Å². The smallest absolute Gasteiger partial charge is 0.280 e. The van der Waals surface area contributed by atoms with Crippen LogP contribution in [0.15, 0.2) is 59.9 Å². The van der Waals surface area contributed by atoms with E-state index in [0.717, 1.165) is 28.5 Å². The first-order chi connectivity index (χ1) is 11.3. The molecule has 1 aliphatic heterocycles. The van der Waals surface area contributed by atoms with Crippen LogP contribution in [-0.4, -0.2) is 33.3 Å². The van der Waals surface area contributed by atoms with Gasteiger partial charge in [-0.1, -0.05) is 30.0 Å². The van der Waals surface area contributed by atoms with Crippen LogP contribution in [-0.2, 0) is 0 Å². The van der Waals surface area contributed by atoms with Crippen LogP contribution in [0.2, 0.25) is 0 Å². The minimum absolute atomic E-state index is 0.234. The summed E-state index contributed by atoms with van der Waals surface area (Å²) in [4.78, 5) is 26.3. The first kappa shape index (κ1) is 14.0. The molecule has 6 heteroatoms. The summed E-state index contributed by atoms with van der Waals surface area (Å²) >= 11 is 1.61. The van der Waals surface area contributed by atoms with Gasteiger partial charge in [0.1, 0.15) is 5.65 Å². The molecule has 2 aromatic heterocycles. The highest BCUT2D eigenvalue weighted by atomic mass is 32.2. The number of rotatable bonds is 2. The lowest BCUT2D eigenvalue weighted by Crippen LogP contribution is -2.24. The number of nitrogens with one attached hydrogen (secondary N) is 1. The van der Waals surface area contributed by atoms with Crippen LogP contribution in [0, 0.1) is 0 Å². The molecule has 4 rings (SSSR count). The van der Waals surface area contributed by atoms with Crippen molar-refractivity contribution < 1.29 is 4.79 Å². The molecule has 0 aliphatic carbocycles. The first-order valence-electron chi connectivity index (χ1n) is 7.33. The normalized spacial score (nSPS) is 16.3. The molecule has 3 aromatic rings. The Morgan fingerprint density at radius 3 is 2.96 bits per heavy atom. The molecule has 0 radical (unpaired) electrons. The fraction of sp³-hybridized carbons (Fsp3) is 0.118. The molecule has 3 heterocycles. The van der Waals surface area contributed by atoms with Crippen molar-refractivity contribution >= 4 is 39.6 Å². The summed E-state index contributed by atoms with van der Waals surface area (Å²) in [7, 11) is 0. The number of pyridine rings is 1. The SMILES string of the molecule is O=C(/N=C1\SCCN1c1ccccc1)c1ccnc2[nH]ccc12. The Labute approximate surface area is 137 Å². The Kier molecular flexibility index (Phi) is 3.59. The van der Waals surface area contributed by atoms with E-state index < -0.39 is 0 Å². The van der Waals surface area contributed by atoms with Crippen LogP contribution >= 0.6 is 11.8 Å². The maximum atomic E-state index is 12.6. The zero-order valence-corrected chi connectivity index (χ0v) is 13.1. The molecule has 1 aromatic carbocycles. The molecule has 0 bridgehead atoms. The number of amides is 1. The number of carbonyl (C=O) groups excluding carboxylic acids is 1. The van der Waals surface area contributed by atoms with Crippen LogP contribution < -0.4 is 4.90 Å². The Balaban J connectivity index is 1.69. The van der Waals surface area contributed by atoms with Gasteiger partial charge in [-0.3, -0.25) is 4.79 Å². The molecule has 0 atom stereocenters. The van der Waals surface area contributed by atoms with Gasteiger partial charge in [-0.25, -0.2) is 4.98 Å². The standard InChI is InChI=1S/C17H14N4OS/c22-16(14-7-9-19-15-13(14)6-8-18-15)20-17-21(10-11-23-17)12-4-2-1-3-5-12/h1-9H,10-11H2,(H,18,19)/b20-17-. The lowest BCUT2D eigenvalue weighted by atomic mass is 10.2. The van der Waals surface area contributed by atoms with Crippen LogP contribution in [0.4, 0.5) is 5.69 Å². The molecule has 1 N–H and O–H groups in total. The summed E-state index contributed by atoms with van der Waals surface area (Å²) in [5.74, 6) is 0.694. The number of aliphatic imine (C=N–C) groups is 1. The predicted molar refractivity (Wildman–Crippen MR) is 94.1 cm³/mol. The Bertz CT molecular complexity index is 888. The number of para-hydroxylation sites is 1. The fourth-order valence-electron chi connectivity index (χ4n) is 2.64. The topological polar surface area (TPSA) is 61.4 Å². The largest absolute Gasteiger partial charge is 0.346 e. The molecule has 5 nitrogen and oxygen atoms in total. The van der Waals surface area contributed by atoms with Gasteiger partial charge in [-0.15, -0.1) is 0 Å². The number of hydrogen-bond acceptors (Lipinski definition) is 3. The van der Waals surface area contributed by atoms with E-state index in [0.29, 0.717) is 11.2 Å². The maximum Gasteiger partial charge on any atom is 0.280 e. The molecule has 1 fully saturated rings. The summed E-state index contributed by atoms with van der Waals surface area (Å²) in [5, 5.41) is 1.55. The Morgan fingerprint density at radius 1 is 1.22 bits per heavy atom. The summed E-state index contributed by atoms with van der Waals surface area (Å²) in [6.07, 6.45) is 3.41. The summed E-state index contributed by atoms with van der Waals surface area (Å²) in [5.41, 5.74) is 2.34. The Hall–Kier alpha value is -2.60. The van der Waals surface area contributed by atoms with E-state index in [1.807, 2.05) is 36.4 Å². The number of anilines is 1. The van der Waals surface area contributed by atoms with Crippen molar-refractivity contribution in [3.8, 4) is 0 Å². The van der Waals surface area contributed by atoms with Crippen molar-refractivity contribution in [2.45, 2.75) is 0 Å². The number of carbonyl (C=O) groups is 1. The molecular formula is C17H14N4OS. The van der Waals surface area contributed by atoms with Crippen molar-refractivity contribution in [2.24, 2.45) is 4.99 Å². The van der Waals surface area contributed by atoms with Gasteiger partial charge in [0.15, 0.2) is 5.17 Å². The number of nitrogens with zero attached hydrogens (tertiary/aromatic N) is 3. The lowest BCUT2D eigenvalue weighted by molar-refractivity contribution is 0.100. The zero-order chi connectivity index (χ0) is 15.6. The van der Waals surface area contributed by atoms with Gasteiger partial charge in [-0.05, 0) is 24.3 Å². The quantitative estimate of drug-likeness (QED) is 0.786. The van der Waals surface area contributed by atoms with Crippen LogP contribution in [0.5, 0.6) is 0 Å². The molecule has 114 valence electrons. The highest BCUT2D eigenvalue weighted by Crippen LogP contribution is 2.26. The molecule has 1 saturated heterocycles.